The Morgan fingerprint density at radius 2 is 1.47 bits per heavy atom. The largest absolute Gasteiger partial charge is 0.478 e. The third kappa shape index (κ3) is 6.11. The number of carbonyl (C=O) groups is 3. The summed E-state index contributed by atoms with van der Waals surface area (Å²) in [5.41, 5.74) is 6.63. The zero-order chi connectivity index (χ0) is 32.5. The number of benzene rings is 3. The molecule has 0 saturated carbocycles. The number of carboxylic acid groups (broad SMARTS) is 1. The molecule has 4 aromatic rings. The van der Waals surface area contributed by atoms with Crippen LogP contribution in [0.15, 0.2) is 73.1 Å². The van der Waals surface area contributed by atoms with E-state index in [4.69, 9.17) is 48.7 Å². The van der Waals surface area contributed by atoms with Crippen LogP contribution in [0.2, 0.25) is 0 Å². The molecule has 0 spiro atoms. The Kier molecular flexibility index (Phi) is 8.03. The summed E-state index contributed by atoms with van der Waals surface area (Å²) in [5.74, 6) is -0.297. The van der Waals surface area contributed by atoms with Gasteiger partial charge in [-0.15, -0.1) is 5.10 Å². The maximum Gasteiger partial charge on any atom is 0.338 e. The maximum absolute atomic E-state index is 12.7. The van der Waals surface area contributed by atoms with Crippen LogP contribution in [0.4, 0.5) is 0 Å². The topological polar surface area (TPSA) is 202 Å². The van der Waals surface area contributed by atoms with E-state index in [1.807, 2.05) is 30.3 Å². The summed E-state index contributed by atoms with van der Waals surface area (Å²) >= 11 is 0. The summed E-state index contributed by atoms with van der Waals surface area (Å²) < 4.78 is 45.9. The van der Waals surface area contributed by atoms with Crippen molar-refractivity contribution in [1.82, 2.24) is 14.8 Å². The van der Waals surface area contributed by atoms with Gasteiger partial charge >= 0.3 is 11.9 Å². The summed E-state index contributed by atoms with van der Waals surface area (Å²) in [6.45, 7) is 0.166. The summed E-state index contributed by atoms with van der Waals surface area (Å²) in [5, 5.41) is 12.7. The van der Waals surface area contributed by atoms with E-state index in [1.165, 1.54) is 23.1 Å². The molecular weight excluding hydrogens is 620 g/mol. The summed E-state index contributed by atoms with van der Waals surface area (Å²) in [6, 6.07) is 18.8. The number of hydrogen-bond donors (Lipinski definition) is 2. The number of carboxylic acids is 1. The number of hydrogen-bond acceptors (Lipinski definition) is 13. The molecule has 8 rings (SSSR count). The van der Waals surface area contributed by atoms with E-state index in [0.29, 0.717) is 28.6 Å². The van der Waals surface area contributed by atoms with Crippen LogP contribution < -0.4 is 24.7 Å². The molecule has 1 amide bonds. The van der Waals surface area contributed by atoms with Crippen LogP contribution in [-0.2, 0) is 18.9 Å². The van der Waals surface area contributed by atoms with Gasteiger partial charge in [0.15, 0.2) is 35.5 Å². The fraction of sp³-hybridized carbons (Fsp3) is 0.258. The number of nitrogens with zero attached hydrogens (tertiary/aromatic N) is 3. The first-order valence-electron chi connectivity index (χ1n) is 14.3. The molecule has 3 N–H and O–H groups in total. The molecule has 5 heterocycles. The molecule has 0 bridgehead atoms. The fourth-order valence-corrected chi connectivity index (χ4v) is 5.25. The van der Waals surface area contributed by atoms with Crippen molar-refractivity contribution in [3.05, 3.63) is 95.6 Å². The minimum atomic E-state index is -0.965. The van der Waals surface area contributed by atoms with E-state index in [-0.39, 0.29) is 31.6 Å². The molecule has 0 aliphatic carbocycles. The molecule has 2 fully saturated rings. The van der Waals surface area contributed by atoms with Crippen molar-refractivity contribution >= 4 is 17.8 Å². The number of primary amides is 1. The number of ether oxygens (including phenoxy) is 8. The molecule has 1 aromatic heterocycles. The lowest BCUT2D eigenvalue weighted by Gasteiger charge is -2.20. The monoisotopic (exact) mass is 646 g/mol. The average Bonchev–Trinajstić information content (AvgIpc) is 3.92. The Hall–Kier alpha value is -5.71. The van der Waals surface area contributed by atoms with Gasteiger partial charge in [0, 0.05) is 5.56 Å². The van der Waals surface area contributed by atoms with Gasteiger partial charge < -0.3 is 48.7 Å². The van der Waals surface area contributed by atoms with Gasteiger partial charge in [0.2, 0.25) is 19.4 Å². The third-order valence-electron chi connectivity index (χ3n) is 7.51. The van der Waals surface area contributed by atoms with E-state index in [2.05, 4.69) is 10.1 Å². The number of aromatic carboxylic acids is 1. The highest BCUT2D eigenvalue weighted by molar-refractivity contribution is 5.90. The number of esters is 1. The van der Waals surface area contributed by atoms with Crippen molar-refractivity contribution in [3.8, 4) is 23.0 Å². The van der Waals surface area contributed by atoms with E-state index >= 15 is 0 Å². The second-order valence-electron chi connectivity index (χ2n) is 10.5. The van der Waals surface area contributed by atoms with Crippen LogP contribution in [0.5, 0.6) is 23.0 Å². The average molecular weight is 647 g/mol. The predicted molar refractivity (Wildman–Crippen MR) is 154 cm³/mol. The van der Waals surface area contributed by atoms with Crippen LogP contribution >= 0.6 is 0 Å². The van der Waals surface area contributed by atoms with Crippen molar-refractivity contribution in [2.45, 2.75) is 30.8 Å². The minimum Gasteiger partial charge on any atom is -0.478 e. The summed E-state index contributed by atoms with van der Waals surface area (Å²) in [4.78, 5) is 38.6. The highest BCUT2D eigenvalue weighted by Crippen LogP contribution is 2.44. The maximum atomic E-state index is 12.7. The molecule has 0 radical (unpaired) electrons. The molecule has 3 aromatic carbocycles. The number of fused-ring (bicyclic) bond motifs is 3. The van der Waals surface area contributed by atoms with Gasteiger partial charge in [0.25, 0.3) is 5.91 Å². The van der Waals surface area contributed by atoms with Crippen molar-refractivity contribution in [2.75, 3.05) is 20.2 Å². The number of aromatic nitrogens is 3. The number of rotatable bonds is 7. The van der Waals surface area contributed by atoms with Crippen LogP contribution in [0.1, 0.15) is 49.4 Å². The third-order valence-corrected chi connectivity index (χ3v) is 7.51. The fourth-order valence-electron chi connectivity index (χ4n) is 5.25. The predicted octanol–water partition coefficient (Wildman–Crippen LogP) is 2.46. The molecule has 16 heteroatoms. The van der Waals surface area contributed by atoms with Crippen LogP contribution in [-0.4, -0.2) is 76.2 Å². The van der Waals surface area contributed by atoms with Crippen LogP contribution in [0, 0.1) is 0 Å². The van der Waals surface area contributed by atoms with E-state index in [9.17, 15) is 14.4 Å². The van der Waals surface area contributed by atoms with Gasteiger partial charge in [-0.25, -0.2) is 19.3 Å². The quantitative estimate of drug-likeness (QED) is 0.277. The Morgan fingerprint density at radius 1 is 0.830 bits per heavy atom. The Bertz CT molecular complexity index is 1820. The zero-order valence-electron chi connectivity index (χ0n) is 24.3. The first-order valence-corrected chi connectivity index (χ1v) is 14.3. The number of amides is 1. The molecule has 242 valence electrons. The summed E-state index contributed by atoms with van der Waals surface area (Å²) in [6.07, 6.45) is -1.93. The lowest BCUT2D eigenvalue weighted by molar-refractivity contribution is -0.156. The first kappa shape index (κ1) is 30.0. The van der Waals surface area contributed by atoms with Crippen molar-refractivity contribution < 1.29 is 57.4 Å². The molecule has 4 aliphatic rings. The van der Waals surface area contributed by atoms with E-state index in [1.54, 1.807) is 24.3 Å². The smallest absolute Gasteiger partial charge is 0.338 e. The van der Waals surface area contributed by atoms with E-state index < -0.39 is 48.7 Å². The molecule has 16 nitrogen and oxygen atoms in total. The highest BCUT2D eigenvalue weighted by atomic mass is 16.8. The molecule has 4 aliphatic heterocycles. The standard InChI is InChI=1S/C23H20N4O8.C8H6O4/c24-19(28)20-25-10-27(26-20)21-18-17(34-23(35-18)12-4-2-1-3-5-12)16(33-21)9-30-22(29)13-6-7-14-15(8-13)32-11-31-14;9-8(10)5-1-2-6-7(3-5)12-4-11-6/h1-8,10,16-18,21,23H,9,11H2,(H2,24,28);1-3H,4H2,(H,9,10)/t16-,17?,18-,21-,23?;/m1./s1. The van der Waals surface area contributed by atoms with Gasteiger partial charge in [-0.05, 0) is 36.4 Å². The highest BCUT2D eigenvalue weighted by Gasteiger charge is 2.54. The molecule has 47 heavy (non-hydrogen) atoms. The van der Waals surface area contributed by atoms with Crippen molar-refractivity contribution in [3.63, 3.8) is 0 Å². The molecule has 2 unspecified atom stereocenters. The lowest BCUT2D eigenvalue weighted by Crippen LogP contribution is -2.32. The summed E-state index contributed by atoms with van der Waals surface area (Å²) in [7, 11) is 0. The van der Waals surface area contributed by atoms with Gasteiger partial charge in [0.05, 0.1) is 11.1 Å². The van der Waals surface area contributed by atoms with Crippen LogP contribution in [0.25, 0.3) is 0 Å². The number of carbonyl (C=O) groups excluding carboxylic acids is 2. The van der Waals surface area contributed by atoms with Gasteiger partial charge in [-0.2, -0.15) is 0 Å². The normalized spacial score (nSPS) is 23.0. The van der Waals surface area contributed by atoms with Gasteiger partial charge in [-0.3, -0.25) is 4.79 Å². The molecule has 2 saturated heterocycles. The second kappa shape index (κ2) is 12.6. The Morgan fingerprint density at radius 3 is 2.13 bits per heavy atom. The Balaban J connectivity index is 0.000000245. The van der Waals surface area contributed by atoms with E-state index in [0.717, 1.165) is 5.56 Å². The first-order chi connectivity index (χ1) is 22.8. The second-order valence-corrected chi connectivity index (χ2v) is 10.5. The molecule has 5 atom stereocenters. The van der Waals surface area contributed by atoms with Crippen molar-refractivity contribution in [1.29, 1.82) is 0 Å². The van der Waals surface area contributed by atoms with Gasteiger partial charge in [-0.1, -0.05) is 30.3 Å². The van der Waals surface area contributed by atoms with Crippen molar-refractivity contribution in [2.24, 2.45) is 5.73 Å². The zero-order valence-corrected chi connectivity index (χ0v) is 24.3. The minimum absolute atomic E-state index is 0.104. The SMILES string of the molecule is NC(=O)c1ncn([C@@H]2O[C@H](COC(=O)c3ccc4c(c3)OCO4)C3OC(c4ccccc4)O[C@H]32)n1.O=C(O)c1ccc2c(c1)OCO2. The van der Waals surface area contributed by atoms with Gasteiger partial charge in [0.1, 0.15) is 31.2 Å². The Labute approximate surface area is 265 Å². The molecular formula is C31H26N4O12. The van der Waals surface area contributed by atoms with Crippen LogP contribution in [0.3, 0.4) is 0 Å². The lowest BCUT2D eigenvalue weighted by atomic mass is 10.1. The number of nitrogens with two attached hydrogens (primary N) is 1.